The van der Waals surface area contributed by atoms with Crippen LogP contribution in [0.15, 0.2) is 58.5 Å². The lowest BCUT2D eigenvalue weighted by Crippen LogP contribution is -2.44. The molecule has 0 unspecified atom stereocenters. The van der Waals surface area contributed by atoms with Gasteiger partial charge in [-0.15, -0.1) is 0 Å². The number of amides is 1. The maximum Gasteiger partial charge on any atom is 0.264 e. The minimum Gasteiger partial charge on any atom is -0.492 e. The molecule has 1 fully saturated rings. The average Bonchev–Trinajstić information content (AvgIpc) is 2.88. The van der Waals surface area contributed by atoms with Crippen molar-refractivity contribution in [1.82, 2.24) is 19.8 Å². The minimum absolute atomic E-state index is 0.0758. The number of thioether (sulfide) groups is 1. The van der Waals surface area contributed by atoms with Crippen LogP contribution in [-0.2, 0) is 17.8 Å². The molecular weight excluding hydrogens is 498 g/mol. The predicted molar refractivity (Wildman–Crippen MR) is 137 cm³/mol. The van der Waals surface area contributed by atoms with Gasteiger partial charge >= 0.3 is 0 Å². The van der Waals surface area contributed by atoms with Crippen molar-refractivity contribution in [2.75, 3.05) is 26.2 Å². The quantitative estimate of drug-likeness (QED) is 0.339. The second-order valence-corrected chi connectivity index (χ2v) is 10.4. The molecule has 10 heteroatoms. The number of nitrogens with zero attached hydrogens (tertiary/aromatic N) is 3. The summed E-state index contributed by atoms with van der Waals surface area (Å²) < 4.78 is 33.4. The molecule has 0 saturated heterocycles. The molecule has 0 spiro atoms. The fraction of sp³-hybridized carbons (Fsp3) is 0.370. The third-order valence-corrected chi connectivity index (χ3v) is 7.89. The molecule has 0 radical (unpaired) electrons. The van der Waals surface area contributed by atoms with Gasteiger partial charge in [-0.3, -0.25) is 14.2 Å². The molecule has 1 amide bonds. The van der Waals surface area contributed by atoms with Crippen molar-refractivity contribution in [1.29, 1.82) is 0 Å². The Balaban J connectivity index is 1.22. The molecule has 2 heterocycles. The van der Waals surface area contributed by atoms with Gasteiger partial charge in [-0.25, -0.2) is 13.8 Å². The number of hydrogen-bond acceptors (Lipinski definition) is 6. The second kappa shape index (κ2) is 11.4. The number of hydrogen-bond donors (Lipinski definition) is 1. The normalized spacial score (nSPS) is 15.2. The largest absolute Gasteiger partial charge is 0.492 e. The van der Waals surface area contributed by atoms with Crippen molar-refractivity contribution < 1.29 is 18.3 Å². The summed E-state index contributed by atoms with van der Waals surface area (Å²) in [6.45, 7) is 1.32. The van der Waals surface area contributed by atoms with Gasteiger partial charge in [0.05, 0.1) is 30.0 Å². The van der Waals surface area contributed by atoms with E-state index in [-0.39, 0.29) is 36.9 Å². The van der Waals surface area contributed by atoms with E-state index in [1.165, 1.54) is 12.5 Å². The van der Waals surface area contributed by atoms with Crippen LogP contribution >= 0.6 is 11.8 Å². The number of fused-ring (bicyclic) bond motifs is 1. The third-order valence-electron chi connectivity index (χ3n) is 6.61. The zero-order valence-electron chi connectivity index (χ0n) is 20.3. The smallest absolute Gasteiger partial charge is 0.264 e. The summed E-state index contributed by atoms with van der Waals surface area (Å²) in [5, 5.41) is 4.22. The monoisotopic (exact) mass is 526 g/mol. The van der Waals surface area contributed by atoms with Gasteiger partial charge in [0.1, 0.15) is 12.4 Å². The van der Waals surface area contributed by atoms with Crippen LogP contribution in [0.4, 0.5) is 8.78 Å². The number of para-hydroxylation sites is 1. The summed E-state index contributed by atoms with van der Waals surface area (Å²) in [4.78, 5) is 33.1. The van der Waals surface area contributed by atoms with Crippen LogP contribution in [0.5, 0.6) is 5.75 Å². The van der Waals surface area contributed by atoms with Crippen molar-refractivity contribution in [3.8, 4) is 11.4 Å². The van der Waals surface area contributed by atoms with E-state index in [9.17, 15) is 18.4 Å². The molecule has 194 valence electrons. The number of benzene rings is 2. The molecule has 1 N–H and O–H groups in total. The number of ether oxygens (including phenoxy) is 1. The van der Waals surface area contributed by atoms with E-state index in [4.69, 9.17) is 9.72 Å². The van der Waals surface area contributed by atoms with Gasteiger partial charge in [-0.1, -0.05) is 36.4 Å². The Kier molecular flexibility index (Phi) is 7.85. The number of halogens is 2. The van der Waals surface area contributed by atoms with Gasteiger partial charge in [-0.05, 0) is 37.1 Å². The first-order valence-corrected chi connectivity index (χ1v) is 13.3. The molecule has 2 aliphatic rings. The standard InChI is InChI=1S/C27H28F2N4O3S/c28-22-10-9-19(15-23(22)29)36-14-12-30-16-25(34)32-13-11-24-21(17-32)26(35)33(18-5-2-1-3-6-18)27(31-24)37-20-7-4-8-20/h1-3,5-6,9-10,15,20,30H,4,7-8,11-14,16-17H2. The van der Waals surface area contributed by atoms with Crippen molar-refractivity contribution in [2.45, 2.75) is 42.6 Å². The van der Waals surface area contributed by atoms with Gasteiger partial charge in [0.2, 0.25) is 5.91 Å². The molecule has 1 aromatic heterocycles. The van der Waals surface area contributed by atoms with E-state index < -0.39 is 11.6 Å². The average molecular weight is 527 g/mol. The molecular formula is C27H28F2N4O3S. The number of carbonyl (C=O) groups excluding carboxylic acids is 1. The summed E-state index contributed by atoms with van der Waals surface area (Å²) in [6.07, 6.45) is 4.00. The third kappa shape index (κ3) is 5.86. The topological polar surface area (TPSA) is 76.5 Å². The zero-order valence-corrected chi connectivity index (χ0v) is 21.1. The fourth-order valence-corrected chi connectivity index (χ4v) is 5.63. The zero-order chi connectivity index (χ0) is 25.8. The van der Waals surface area contributed by atoms with E-state index in [1.54, 1.807) is 21.2 Å². The highest BCUT2D eigenvalue weighted by molar-refractivity contribution is 7.99. The Bertz CT molecular complexity index is 1330. The van der Waals surface area contributed by atoms with Gasteiger partial charge in [0.15, 0.2) is 16.8 Å². The van der Waals surface area contributed by atoms with Crippen molar-refractivity contribution in [3.05, 3.63) is 81.8 Å². The molecule has 0 bridgehead atoms. The van der Waals surface area contributed by atoms with Crippen LogP contribution < -0.4 is 15.6 Å². The first-order chi connectivity index (χ1) is 18.0. The number of aromatic nitrogens is 2. The number of nitrogens with one attached hydrogen (secondary N) is 1. The Morgan fingerprint density at radius 3 is 2.68 bits per heavy atom. The van der Waals surface area contributed by atoms with Gasteiger partial charge < -0.3 is 15.0 Å². The molecule has 3 aromatic rings. The molecule has 5 rings (SSSR count). The highest BCUT2D eigenvalue weighted by Gasteiger charge is 2.28. The summed E-state index contributed by atoms with van der Waals surface area (Å²) >= 11 is 1.67. The van der Waals surface area contributed by atoms with Crippen LogP contribution in [0.25, 0.3) is 5.69 Å². The van der Waals surface area contributed by atoms with E-state index in [0.29, 0.717) is 30.3 Å². The molecule has 7 nitrogen and oxygen atoms in total. The molecule has 37 heavy (non-hydrogen) atoms. The highest BCUT2D eigenvalue weighted by Crippen LogP contribution is 2.36. The Labute approximate surface area is 217 Å². The van der Waals surface area contributed by atoms with Crippen LogP contribution in [0, 0.1) is 11.6 Å². The Hall–Kier alpha value is -3.24. The van der Waals surface area contributed by atoms with E-state index >= 15 is 0 Å². The summed E-state index contributed by atoms with van der Waals surface area (Å²) in [5.41, 5.74) is 1.98. The number of carbonyl (C=O) groups is 1. The molecule has 1 aliphatic heterocycles. The maximum absolute atomic E-state index is 13.7. The lowest BCUT2D eigenvalue weighted by Gasteiger charge is -2.30. The molecule has 0 atom stereocenters. The SMILES string of the molecule is O=C(CNCCOc1ccc(F)c(F)c1)N1CCc2nc(SC3CCC3)n(-c3ccccc3)c(=O)c2C1. The Morgan fingerprint density at radius 2 is 1.95 bits per heavy atom. The second-order valence-electron chi connectivity index (χ2n) is 9.13. The van der Waals surface area contributed by atoms with Gasteiger partial charge in [0, 0.05) is 30.8 Å². The fourth-order valence-electron chi connectivity index (χ4n) is 4.30. The van der Waals surface area contributed by atoms with Crippen LogP contribution in [0.3, 0.4) is 0 Å². The van der Waals surface area contributed by atoms with Crippen molar-refractivity contribution in [3.63, 3.8) is 0 Å². The first-order valence-electron chi connectivity index (χ1n) is 12.4. The maximum atomic E-state index is 13.7. The van der Waals surface area contributed by atoms with E-state index in [0.717, 1.165) is 41.5 Å². The summed E-state index contributed by atoms with van der Waals surface area (Å²) in [6, 6.07) is 12.9. The Morgan fingerprint density at radius 1 is 1.14 bits per heavy atom. The molecule has 1 aliphatic carbocycles. The van der Waals surface area contributed by atoms with Crippen LogP contribution in [-0.4, -0.2) is 51.8 Å². The lowest BCUT2D eigenvalue weighted by atomic mass is 10.0. The molecule has 2 aromatic carbocycles. The van der Waals surface area contributed by atoms with E-state index in [1.807, 2.05) is 30.3 Å². The highest BCUT2D eigenvalue weighted by atomic mass is 32.2. The van der Waals surface area contributed by atoms with Crippen LogP contribution in [0.2, 0.25) is 0 Å². The summed E-state index contributed by atoms with van der Waals surface area (Å²) in [5.74, 6) is -1.81. The molecule has 1 saturated carbocycles. The van der Waals surface area contributed by atoms with Crippen LogP contribution in [0.1, 0.15) is 30.5 Å². The first kappa shape index (κ1) is 25.4. The summed E-state index contributed by atoms with van der Waals surface area (Å²) in [7, 11) is 0. The lowest BCUT2D eigenvalue weighted by molar-refractivity contribution is -0.131. The number of rotatable bonds is 9. The van der Waals surface area contributed by atoms with Gasteiger partial charge in [0.25, 0.3) is 5.56 Å². The predicted octanol–water partition coefficient (Wildman–Crippen LogP) is 3.71. The minimum atomic E-state index is -0.972. The van der Waals surface area contributed by atoms with Crippen molar-refractivity contribution >= 4 is 17.7 Å². The van der Waals surface area contributed by atoms with Gasteiger partial charge in [-0.2, -0.15) is 0 Å². The van der Waals surface area contributed by atoms with Crippen molar-refractivity contribution in [2.24, 2.45) is 0 Å². The van der Waals surface area contributed by atoms with E-state index in [2.05, 4.69) is 5.32 Å².